The van der Waals surface area contributed by atoms with Crippen molar-refractivity contribution in [3.8, 4) is 5.75 Å². The molecule has 0 saturated carbocycles. The smallest absolute Gasteiger partial charge is 0.314 e. The van der Waals surface area contributed by atoms with Crippen LogP contribution in [0.5, 0.6) is 5.75 Å². The quantitative estimate of drug-likeness (QED) is 0.412. The maximum atomic E-state index is 12.9. The predicted molar refractivity (Wildman–Crippen MR) is 114 cm³/mol. The number of ether oxygens (including phenoxy) is 1. The van der Waals surface area contributed by atoms with E-state index >= 15 is 0 Å². The average molecular weight is 417 g/mol. The van der Waals surface area contributed by atoms with Crippen LogP contribution in [0.15, 0.2) is 99.6 Å². The van der Waals surface area contributed by atoms with Crippen molar-refractivity contribution >= 4 is 18.2 Å². The minimum atomic E-state index is -4.49. The monoisotopic (exact) mass is 416 g/mol. The molecule has 28 heavy (non-hydrogen) atoms. The summed E-state index contributed by atoms with van der Waals surface area (Å²) in [7, 11) is -7.43. The van der Waals surface area contributed by atoms with Gasteiger partial charge in [0.05, 0.1) is 0 Å². The van der Waals surface area contributed by atoms with Gasteiger partial charge in [-0.25, -0.2) is 0 Å². The van der Waals surface area contributed by atoms with Gasteiger partial charge in [-0.05, 0) is 78.4 Å². The fourth-order valence-corrected chi connectivity index (χ4v) is 9.39. The van der Waals surface area contributed by atoms with Gasteiger partial charge in [-0.2, -0.15) is 8.42 Å². The van der Waals surface area contributed by atoms with E-state index in [-0.39, 0.29) is 5.60 Å². The molecule has 4 nitrogen and oxygen atoms in total. The van der Waals surface area contributed by atoms with Crippen molar-refractivity contribution < 1.29 is 17.7 Å². The summed E-state index contributed by atoms with van der Waals surface area (Å²) in [5.41, 5.74) is -0.368. The molecule has 148 valence electrons. The molecule has 0 spiro atoms. The summed E-state index contributed by atoms with van der Waals surface area (Å²) in [5, 5.41) is 0. The Morgan fingerprint density at radius 3 is 1.43 bits per heavy atom. The van der Waals surface area contributed by atoms with Crippen LogP contribution in [0.4, 0.5) is 0 Å². The summed E-state index contributed by atoms with van der Waals surface area (Å²) in [5.74, 6) is 0.640. The second-order valence-corrected chi connectivity index (χ2v) is 13.4. The molecule has 0 fully saturated rings. The van der Waals surface area contributed by atoms with Crippen LogP contribution >= 0.6 is 9.06 Å². The summed E-state index contributed by atoms with van der Waals surface area (Å²) in [6.07, 6.45) is 0. The van der Waals surface area contributed by atoms with E-state index in [0.717, 1.165) is 0 Å². The van der Waals surface area contributed by atoms with Crippen LogP contribution < -0.4 is 4.74 Å². The molecule has 0 aliphatic carbocycles. The number of hydrogen-bond acceptors (Lipinski definition) is 3. The lowest BCUT2D eigenvalue weighted by Crippen LogP contribution is -2.23. The topological polar surface area (TPSA) is 63.6 Å². The zero-order valence-electron chi connectivity index (χ0n) is 16.1. The Labute approximate surface area is 167 Å². The molecule has 0 saturated heterocycles. The molecular weight excluding hydrogens is 392 g/mol. The molecule has 0 radical (unpaired) electrons. The van der Waals surface area contributed by atoms with Gasteiger partial charge < -0.3 is 4.74 Å². The van der Waals surface area contributed by atoms with Crippen LogP contribution in [0.3, 0.4) is 0 Å². The standard InChI is InChI=1S/C22H24O4S2/c1-22(2,3)26-18-14-16-21(17-15-18)27(28(23,24)25,19-10-6-4-7-11-19)20-12-8-5-9-13-20/h4-17H,1-3H3,(H,23,24,25). The highest BCUT2D eigenvalue weighted by atomic mass is 33.2. The van der Waals surface area contributed by atoms with E-state index in [9.17, 15) is 13.0 Å². The summed E-state index contributed by atoms with van der Waals surface area (Å²) >= 11 is 0. The second kappa shape index (κ2) is 7.62. The van der Waals surface area contributed by atoms with E-state index in [4.69, 9.17) is 4.74 Å². The lowest BCUT2D eigenvalue weighted by molar-refractivity contribution is 0.131. The van der Waals surface area contributed by atoms with Crippen LogP contribution in [-0.4, -0.2) is 18.6 Å². The first kappa shape index (κ1) is 20.5. The van der Waals surface area contributed by atoms with E-state index < -0.39 is 18.2 Å². The second-order valence-electron chi connectivity index (χ2n) is 7.30. The van der Waals surface area contributed by atoms with Gasteiger partial charge in [-0.3, -0.25) is 4.55 Å². The van der Waals surface area contributed by atoms with Crippen LogP contribution in [0.1, 0.15) is 20.8 Å². The average Bonchev–Trinajstić information content (AvgIpc) is 2.63. The molecule has 0 aliphatic heterocycles. The van der Waals surface area contributed by atoms with E-state index in [1.165, 1.54) is 0 Å². The van der Waals surface area contributed by atoms with Crippen LogP contribution in [0, 0.1) is 0 Å². The fourth-order valence-electron chi connectivity index (χ4n) is 3.05. The zero-order chi connectivity index (χ0) is 20.4. The van der Waals surface area contributed by atoms with Crippen molar-refractivity contribution in [3.63, 3.8) is 0 Å². The molecule has 0 unspecified atom stereocenters. The third-order valence-corrected chi connectivity index (χ3v) is 11.1. The molecule has 0 bridgehead atoms. The van der Waals surface area contributed by atoms with E-state index in [1.807, 2.05) is 32.9 Å². The lowest BCUT2D eigenvalue weighted by atomic mass is 10.2. The summed E-state index contributed by atoms with van der Waals surface area (Å²) < 4.78 is 42.2. The molecule has 0 amide bonds. The minimum absolute atomic E-state index is 0.368. The molecule has 6 heteroatoms. The first-order chi connectivity index (χ1) is 13.1. The lowest BCUT2D eigenvalue weighted by Gasteiger charge is -2.37. The largest absolute Gasteiger partial charge is 0.488 e. The fraction of sp³-hybridized carbons (Fsp3) is 0.182. The highest BCUT2D eigenvalue weighted by Gasteiger charge is 2.42. The summed E-state index contributed by atoms with van der Waals surface area (Å²) in [6.45, 7) is 5.84. The predicted octanol–water partition coefficient (Wildman–Crippen LogP) is 5.95. The third-order valence-electron chi connectivity index (χ3n) is 4.05. The Balaban J connectivity index is 2.28. The molecule has 3 rings (SSSR count). The van der Waals surface area contributed by atoms with Gasteiger partial charge in [0.1, 0.15) is 11.4 Å². The third kappa shape index (κ3) is 3.94. The summed E-state index contributed by atoms with van der Waals surface area (Å²) in [6, 6.07) is 24.7. The Kier molecular flexibility index (Phi) is 5.57. The molecule has 3 aromatic carbocycles. The van der Waals surface area contributed by atoms with Gasteiger partial charge in [0, 0.05) is 14.7 Å². The highest BCUT2D eigenvalue weighted by molar-refractivity contribution is 8.88. The van der Waals surface area contributed by atoms with E-state index in [2.05, 4.69) is 0 Å². The maximum Gasteiger partial charge on any atom is 0.314 e. The van der Waals surface area contributed by atoms with Gasteiger partial charge in [0.2, 0.25) is 0 Å². The molecule has 0 atom stereocenters. The van der Waals surface area contributed by atoms with E-state index in [0.29, 0.717) is 20.4 Å². The Morgan fingerprint density at radius 1 is 0.679 bits per heavy atom. The van der Waals surface area contributed by atoms with Crippen LogP contribution in [-0.2, 0) is 9.15 Å². The Bertz CT molecular complexity index is 984. The van der Waals surface area contributed by atoms with Crippen molar-refractivity contribution in [1.82, 2.24) is 0 Å². The van der Waals surface area contributed by atoms with Gasteiger partial charge in [-0.15, -0.1) is 0 Å². The van der Waals surface area contributed by atoms with Crippen molar-refractivity contribution in [3.05, 3.63) is 84.9 Å². The number of benzene rings is 3. The SMILES string of the molecule is CC(C)(C)Oc1ccc(S(c2ccccc2)(c2ccccc2)S(=O)(=O)O)cc1. The van der Waals surface area contributed by atoms with Crippen LogP contribution in [0.2, 0.25) is 0 Å². The van der Waals surface area contributed by atoms with Gasteiger partial charge in [0.15, 0.2) is 0 Å². The number of rotatable bonds is 5. The van der Waals surface area contributed by atoms with Crippen LogP contribution in [0.25, 0.3) is 0 Å². The van der Waals surface area contributed by atoms with Crippen molar-refractivity contribution in [2.45, 2.75) is 41.1 Å². The van der Waals surface area contributed by atoms with Gasteiger partial charge >= 0.3 is 9.15 Å². The first-order valence-electron chi connectivity index (χ1n) is 8.85. The number of hydrogen-bond donors (Lipinski definition) is 1. The van der Waals surface area contributed by atoms with E-state index in [1.54, 1.807) is 72.8 Å². The molecule has 1 N–H and O–H groups in total. The van der Waals surface area contributed by atoms with Crippen molar-refractivity contribution in [2.24, 2.45) is 0 Å². The minimum Gasteiger partial charge on any atom is -0.488 e. The molecule has 0 heterocycles. The molecule has 0 aromatic heterocycles. The highest BCUT2D eigenvalue weighted by Crippen LogP contribution is 2.71. The normalized spacial score (nSPS) is 13.1. The summed E-state index contributed by atoms with van der Waals surface area (Å²) in [4.78, 5) is 1.62. The maximum absolute atomic E-state index is 12.9. The molecular formula is C22H24O4S2. The molecule has 0 aliphatic rings. The van der Waals surface area contributed by atoms with Crippen molar-refractivity contribution in [1.29, 1.82) is 0 Å². The van der Waals surface area contributed by atoms with Gasteiger partial charge in [-0.1, -0.05) is 36.4 Å². The Hall–Kier alpha value is -2.28. The van der Waals surface area contributed by atoms with Gasteiger partial charge in [0.25, 0.3) is 0 Å². The Morgan fingerprint density at radius 2 is 1.07 bits per heavy atom. The zero-order valence-corrected chi connectivity index (χ0v) is 17.7. The first-order valence-corrected chi connectivity index (χ1v) is 12.4. The molecule has 3 aromatic rings. The van der Waals surface area contributed by atoms with Crippen molar-refractivity contribution in [2.75, 3.05) is 0 Å².